The molecule has 2 saturated heterocycles. The minimum absolute atomic E-state index is 0.0729. The Balaban J connectivity index is 1.34. The van der Waals surface area contributed by atoms with Crippen molar-refractivity contribution in [3.63, 3.8) is 0 Å². The molecule has 7 rings (SSSR count). The molecular weight excluding hydrogens is 582 g/mol. The maximum atomic E-state index is 14.9. The summed E-state index contributed by atoms with van der Waals surface area (Å²) in [6.45, 7) is 6.95. The SMILES string of the molecule is CC(C)[C@H](CO)N1C(=O)[C@@H]2[C@@H]3C(=O)N(Cc4ccccc4)CC=C[C@]3(C)S[C@@]23C=CCN(c2ccc4ccccc4c2)C(=O)C13. The lowest BCUT2D eigenvalue weighted by Crippen LogP contribution is -2.58. The summed E-state index contributed by atoms with van der Waals surface area (Å²) in [5, 5.41) is 12.7. The van der Waals surface area contributed by atoms with Gasteiger partial charge in [-0.3, -0.25) is 14.4 Å². The molecule has 3 aromatic carbocycles. The normalized spacial score (nSPS) is 30.0. The predicted octanol–water partition coefficient (Wildman–Crippen LogP) is 5.05. The Morgan fingerprint density at radius 2 is 1.56 bits per heavy atom. The Bertz CT molecular complexity index is 1720. The Morgan fingerprint density at radius 1 is 0.844 bits per heavy atom. The van der Waals surface area contributed by atoms with E-state index in [4.69, 9.17) is 0 Å². The lowest BCUT2D eigenvalue weighted by atomic mass is 9.74. The van der Waals surface area contributed by atoms with Crippen molar-refractivity contribution in [3.05, 3.63) is 103 Å². The highest BCUT2D eigenvalue weighted by atomic mass is 32.2. The summed E-state index contributed by atoms with van der Waals surface area (Å²) < 4.78 is -1.67. The molecular formula is C37H39N3O4S. The number of nitrogens with zero attached hydrogens (tertiary/aromatic N) is 3. The summed E-state index contributed by atoms with van der Waals surface area (Å²) in [6.07, 6.45) is 8.17. The molecule has 3 aromatic rings. The first-order valence-corrected chi connectivity index (χ1v) is 16.6. The highest BCUT2D eigenvalue weighted by molar-refractivity contribution is 8.02. The topological polar surface area (TPSA) is 81.2 Å². The zero-order valence-corrected chi connectivity index (χ0v) is 26.7. The van der Waals surface area contributed by atoms with Gasteiger partial charge in [-0.25, -0.2) is 0 Å². The van der Waals surface area contributed by atoms with Crippen molar-refractivity contribution in [2.45, 2.75) is 48.9 Å². The summed E-state index contributed by atoms with van der Waals surface area (Å²) in [6, 6.07) is 22.5. The molecule has 3 amide bonds. The van der Waals surface area contributed by atoms with Gasteiger partial charge in [-0.05, 0) is 41.3 Å². The van der Waals surface area contributed by atoms with E-state index in [1.165, 1.54) is 0 Å². The number of hydrogen-bond acceptors (Lipinski definition) is 5. The third-order valence-electron chi connectivity index (χ3n) is 10.2. The highest BCUT2D eigenvalue weighted by Crippen LogP contribution is 2.66. The fraction of sp³-hybridized carbons (Fsp3) is 0.378. The fourth-order valence-electron chi connectivity index (χ4n) is 8.01. The molecule has 0 bridgehead atoms. The Labute approximate surface area is 268 Å². The first-order valence-electron chi connectivity index (χ1n) is 15.8. The van der Waals surface area contributed by atoms with Crippen LogP contribution in [0, 0.1) is 17.8 Å². The summed E-state index contributed by atoms with van der Waals surface area (Å²) in [5.41, 5.74) is 1.78. The summed E-state index contributed by atoms with van der Waals surface area (Å²) >= 11 is 1.58. The molecule has 0 radical (unpaired) electrons. The van der Waals surface area contributed by atoms with Crippen molar-refractivity contribution in [1.82, 2.24) is 9.80 Å². The molecule has 6 atom stereocenters. The van der Waals surface area contributed by atoms with Crippen molar-refractivity contribution < 1.29 is 19.5 Å². The van der Waals surface area contributed by atoms with Crippen LogP contribution >= 0.6 is 11.8 Å². The zero-order valence-electron chi connectivity index (χ0n) is 25.9. The standard InChI is InChI=1S/C37H39N3O4S/c1-24(2)29(23-41)40-32-35(44)39(28-16-15-26-13-7-8-14-27(26)21-28)20-10-18-37(32)31(34(40)43)30-33(42)38(19-9-17-36(30,3)45-37)22-25-11-5-4-6-12-25/h4-18,21,24,29-32,41H,19-20,22-23H2,1-3H3/t29-,30+,31-,32?,36-,37-/m0/s1. The molecule has 1 spiro atoms. The number of thioether (sulfide) groups is 1. The van der Waals surface area contributed by atoms with Gasteiger partial charge >= 0.3 is 0 Å². The van der Waals surface area contributed by atoms with Crippen LogP contribution in [0.1, 0.15) is 26.3 Å². The van der Waals surface area contributed by atoms with Gasteiger partial charge in [-0.15, -0.1) is 11.8 Å². The third-order valence-corrected chi connectivity index (χ3v) is 11.9. The molecule has 0 aliphatic carbocycles. The number of fused-ring (bicyclic) bond motifs is 3. The summed E-state index contributed by atoms with van der Waals surface area (Å²) in [7, 11) is 0. The predicted molar refractivity (Wildman–Crippen MR) is 178 cm³/mol. The molecule has 1 N–H and O–H groups in total. The molecule has 4 heterocycles. The van der Waals surface area contributed by atoms with Crippen LogP contribution in [0.4, 0.5) is 5.69 Å². The molecule has 7 nitrogen and oxygen atoms in total. The first kappa shape index (κ1) is 29.8. The molecule has 45 heavy (non-hydrogen) atoms. The largest absolute Gasteiger partial charge is 0.394 e. The van der Waals surface area contributed by atoms with Crippen LogP contribution in [-0.2, 0) is 20.9 Å². The van der Waals surface area contributed by atoms with E-state index in [-0.39, 0.29) is 30.2 Å². The van der Waals surface area contributed by atoms with Crippen LogP contribution in [0.2, 0.25) is 0 Å². The second kappa shape index (κ2) is 11.2. The Morgan fingerprint density at radius 3 is 2.29 bits per heavy atom. The van der Waals surface area contributed by atoms with E-state index in [0.717, 1.165) is 22.0 Å². The maximum Gasteiger partial charge on any atom is 0.251 e. The first-order chi connectivity index (χ1) is 21.7. The average molecular weight is 622 g/mol. The van der Waals surface area contributed by atoms with Crippen LogP contribution in [0.25, 0.3) is 10.8 Å². The Kier molecular flexibility index (Phi) is 7.40. The van der Waals surface area contributed by atoms with Crippen molar-refractivity contribution in [1.29, 1.82) is 0 Å². The molecule has 1 unspecified atom stereocenters. The minimum Gasteiger partial charge on any atom is -0.394 e. The van der Waals surface area contributed by atoms with Gasteiger partial charge in [-0.1, -0.05) is 98.8 Å². The van der Waals surface area contributed by atoms with E-state index in [0.29, 0.717) is 19.6 Å². The zero-order chi connectivity index (χ0) is 31.5. The van der Waals surface area contributed by atoms with Gasteiger partial charge in [0.25, 0.3) is 5.91 Å². The average Bonchev–Trinajstić information content (AvgIpc) is 3.30. The van der Waals surface area contributed by atoms with Crippen molar-refractivity contribution in [2.75, 3.05) is 24.6 Å². The second-order valence-electron chi connectivity index (χ2n) is 13.2. The van der Waals surface area contributed by atoms with Gasteiger partial charge in [0.2, 0.25) is 11.8 Å². The number of rotatable bonds is 6. The van der Waals surface area contributed by atoms with Crippen LogP contribution in [-0.4, -0.2) is 73.9 Å². The quantitative estimate of drug-likeness (QED) is 0.390. The highest BCUT2D eigenvalue weighted by Gasteiger charge is 2.74. The van der Waals surface area contributed by atoms with E-state index in [1.54, 1.807) is 21.6 Å². The molecule has 232 valence electrons. The van der Waals surface area contributed by atoms with Crippen molar-refractivity contribution >= 4 is 45.9 Å². The molecule has 0 aromatic heterocycles. The molecule has 0 saturated carbocycles. The minimum atomic E-state index is -0.975. The number of anilines is 1. The van der Waals surface area contributed by atoms with Gasteiger partial charge in [0.05, 0.1) is 29.2 Å². The van der Waals surface area contributed by atoms with Gasteiger partial charge in [-0.2, -0.15) is 0 Å². The lowest BCUT2D eigenvalue weighted by Gasteiger charge is -2.41. The van der Waals surface area contributed by atoms with E-state index in [1.807, 2.05) is 117 Å². The molecule has 2 fully saturated rings. The summed E-state index contributed by atoms with van der Waals surface area (Å²) in [5.74, 6) is -2.00. The van der Waals surface area contributed by atoms with Crippen LogP contribution < -0.4 is 4.90 Å². The lowest BCUT2D eigenvalue weighted by molar-refractivity contribution is -0.146. The monoisotopic (exact) mass is 621 g/mol. The van der Waals surface area contributed by atoms with Crippen molar-refractivity contribution in [3.8, 4) is 0 Å². The Hall–Kier alpha value is -3.88. The number of benzene rings is 3. The van der Waals surface area contributed by atoms with Gasteiger partial charge in [0.15, 0.2) is 0 Å². The van der Waals surface area contributed by atoms with Crippen LogP contribution in [0.3, 0.4) is 0 Å². The summed E-state index contributed by atoms with van der Waals surface area (Å²) in [4.78, 5) is 49.6. The van der Waals surface area contributed by atoms with Gasteiger partial charge in [0, 0.05) is 30.1 Å². The smallest absolute Gasteiger partial charge is 0.251 e. The van der Waals surface area contributed by atoms with E-state index in [9.17, 15) is 19.5 Å². The van der Waals surface area contributed by atoms with E-state index in [2.05, 4.69) is 6.08 Å². The molecule has 8 heteroatoms. The number of amides is 3. The molecule has 4 aliphatic heterocycles. The van der Waals surface area contributed by atoms with Crippen LogP contribution in [0.15, 0.2) is 97.1 Å². The van der Waals surface area contributed by atoms with Gasteiger partial charge < -0.3 is 19.8 Å². The van der Waals surface area contributed by atoms with Crippen molar-refractivity contribution in [2.24, 2.45) is 17.8 Å². The second-order valence-corrected chi connectivity index (χ2v) is 15.0. The number of likely N-dealkylation sites (tertiary alicyclic amines) is 1. The number of aliphatic hydroxyl groups excluding tert-OH is 1. The number of aliphatic hydroxyl groups is 1. The third kappa shape index (κ3) is 4.64. The van der Waals surface area contributed by atoms with E-state index >= 15 is 0 Å². The van der Waals surface area contributed by atoms with E-state index < -0.39 is 33.4 Å². The number of carbonyl (C=O) groups is 3. The maximum absolute atomic E-state index is 14.9. The van der Waals surface area contributed by atoms with Crippen LogP contribution in [0.5, 0.6) is 0 Å². The fourth-order valence-corrected chi connectivity index (χ4v) is 10.2. The molecule has 4 aliphatic rings. The number of carbonyl (C=O) groups excluding carboxylic acids is 3. The van der Waals surface area contributed by atoms with Gasteiger partial charge in [0.1, 0.15) is 6.04 Å². The number of hydrogen-bond donors (Lipinski definition) is 1.